The van der Waals surface area contributed by atoms with E-state index in [9.17, 15) is 13.2 Å². The van der Waals surface area contributed by atoms with E-state index in [1.54, 1.807) is 18.5 Å². The lowest BCUT2D eigenvalue weighted by Gasteiger charge is -2.19. The first kappa shape index (κ1) is 18.6. The highest BCUT2D eigenvalue weighted by molar-refractivity contribution is 7.93. The molecule has 0 saturated heterocycles. The summed E-state index contributed by atoms with van der Waals surface area (Å²) in [5.74, 6) is 0.526. The molecular formula is C20H18N4O5S. The first-order valence-electron chi connectivity index (χ1n) is 9.36. The first-order chi connectivity index (χ1) is 14.4. The number of carbonyl (C=O) groups is 1. The van der Waals surface area contributed by atoms with Gasteiger partial charge in [0.25, 0.3) is 5.91 Å². The Morgan fingerprint density at radius 3 is 2.77 bits per heavy atom. The number of pyridine rings is 2. The molecule has 2 N–H and O–H groups in total. The molecule has 0 unspecified atom stereocenters. The van der Waals surface area contributed by atoms with Crippen LogP contribution < -0.4 is 19.5 Å². The van der Waals surface area contributed by atoms with Gasteiger partial charge in [0, 0.05) is 17.1 Å². The topological polar surface area (TPSA) is 120 Å². The quantitative estimate of drug-likeness (QED) is 0.643. The molecule has 3 heterocycles. The smallest absolute Gasteiger partial charge is 0.262 e. The number of amides is 1. The lowest BCUT2D eigenvalue weighted by Crippen LogP contribution is -2.25. The summed E-state index contributed by atoms with van der Waals surface area (Å²) in [6, 6.07) is 7.27. The van der Waals surface area contributed by atoms with Gasteiger partial charge in [0.15, 0.2) is 12.4 Å². The van der Waals surface area contributed by atoms with Crippen LogP contribution in [0.25, 0.3) is 22.0 Å². The zero-order valence-corrected chi connectivity index (χ0v) is 16.8. The van der Waals surface area contributed by atoms with Gasteiger partial charge in [0.05, 0.1) is 24.1 Å². The van der Waals surface area contributed by atoms with Crippen molar-refractivity contribution in [2.24, 2.45) is 0 Å². The first-order valence-corrected chi connectivity index (χ1v) is 10.9. The van der Waals surface area contributed by atoms with E-state index in [-0.39, 0.29) is 23.6 Å². The number of anilines is 2. The fourth-order valence-electron chi connectivity index (χ4n) is 3.38. The summed E-state index contributed by atoms with van der Waals surface area (Å²) in [6.07, 6.45) is 4.49. The Balaban J connectivity index is 1.58. The summed E-state index contributed by atoms with van der Waals surface area (Å²) in [5, 5.41) is 3.12. The minimum Gasteiger partial charge on any atom is -0.481 e. The predicted octanol–water partition coefficient (Wildman–Crippen LogP) is 2.54. The van der Waals surface area contributed by atoms with Crippen molar-refractivity contribution in [3.05, 3.63) is 36.7 Å². The Morgan fingerprint density at radius 2 is 2.00 bits per heavy atom. The number of nitrogens with zero attached hydrogens (tertiary/aromatic N) is 2. The van der Waals surface area contributed by atoms with E-state index in [1.165, 1.54) is 7.11 Å². The number of ether oxygens (including phenoxy) is 2. The highest BCUT2D eigenvalue weighted by atomic mass is 32.2. The predicted molar refractivity (Wildman–Crippen MR) is 111 cm³/mol. The molecule has 30 heavy (non-hydrogen) atoms. The van der Waals surface area contributed by atoms with Gasteiger partial charge in [-0.15, -0.1) is 0 Å². The number of methoxy groups -OCH3 is 1. The molecule has 154 valence electrons. The Labute approximate surface area is 172 Å². The highest BCUT2D eigenvalue weighted by Crippen LogP contribution is 2.38. The molecule has 1 aliphatic heterocycles. The fourth-order valence-corrected chi connectivity index (χ4v) is 4.75. The Kier molecular flexibility index (Phi) is 4.24. The summed E-state index contributed by atoms with van der Waals surface area (Å²) >= 11 is 0. The monoisotopic (exact) mass is 426 g/mol. The van der Waals surface area contributed by atoms with E-state index < -0.39 is 10.0 Å². The van der Waals surface area contributed by atoms with Gasteiger partial charge in [-0.1, -0.05) is 6.07 Å². The largest absolute Gasteiger partial charge is 0.481 e. The number of nitrogens with one attached hydrogen (secondary N) is 2. The molecule has 9 nitrogen and oxygen atoms in total. The normalized spacial score (nSPS) is 15.8. The van der Waals surface area contributed by atoms with E-state index in [1.807, 2.05) is 18.2 Å². The van der Waals surface area contributed by atoms with Crippen molar-refractivity contribution in [2.45, 2.75) is 18.1 Å². The molecule has 0 spiro atoms. The molecule has 10 heteroatoms. The van der Waals surface area contributed by atoms with Gasteiger partial charge >= 0.3 is 0 Å². The standard InChI is InChI=1S/C20H18N4O5S/c1-28-20-16(24-30(26,27)13-3-4-13)7-12(8-22-20)11-2-5-15-14(6-11)19-17(9-21-15)23-18(25)10-29-19/h2,5-9,13,24H,3-4,10H2,1H3,(H,23,25). The number of rotatable bonds is 5. The van der Waals surface area contributed by atoms with Crippen LogP contribution in [0.4, 0.5) is 11.4 Å². The van der Waals surface area contributed by atoms with Crippen LogP contribution in [0.1, 0.15) is 12.8 Å². The van der Waals surface area contributed by atoms with E-state index in [4.69, 9.17) is 9.47 Å². The molecule has 0 atom stereocenters. The molecule has 1 amide bonds. The van der Waals surface area contributed by atoms with Crippen LogP contribution in [0.3, 0.4) is 0 Å². The van der Waals surface area contributed by atoms with Crippen LogP contribution in [-0.2, 0) is 14.8 Å². The molecule has 2 aromatic heterocycles. The highest BCUT2D eigenvalue weighted by Gasteiger charge is 2.36. The molecule has 2 aliphatic rings. The van der Waals surface area contributed by atoms with E-state index >= 15 is 0 Å². The minimum absolute atomic E-state index is 0.0620. The number of hydrogen-bond donors (Lipinski definition) is 2. The Hall–Kier alpha value is -3.40. The number of hydrogen-bond acceptors (Lipinski definition) is 7. The number of sulfonamides is 1. The summed E-state index contributed by atoms with van der Waals surface area (Å²) in [4.78, 5) is 20.2. The molecule has 0 radical (unpaired) electrons. The van der Waals surface area contributed by atoms with Gasteiger partial charge in [-0.05, 0) is 36.6 Å². The van der Waals surface area contributed by atoms with Gasteiger partial charge in [-0.25, -0.2) is 13.4 Å². The Morgan fingerprint density at radius 1 is 1.17 bits per heavy atom. The summed E-state index contributed by atoms with van der Waals surface area (Å²) in [6.45, 7) is -0.0620. The Bertz CT molecular complexity index is 1290. The van der Waals surface area contributed by atoms with Crippen molar-refractivity contribution >= 4 is 38.2 Å². The van der Waals surface area contributed by atoms with Crippen molar-refractivity contribution in [1.82, 2.24) is 9.97 Å². The fraction of sp³-hybridized carbons (Fsp3) is 0.250. The third-order valence-electron chi connectivity index (χ3n) is 5.03. The third kappa shape index (κ3) is 3.28. The van der Waals surface area contributed by atoms with E-state index in [0.29, 0.717) is 41.0 Å². The van der Waals surface area contributed by atoms with E-state index in [2.05, 4.69) is 20.0 Å². The molecular weight excluding hydrogens is 408 g/mol. The van der Waals surface area contributed by atoms with Crippen molar-refractivity contribution in [3.63, 3.8) is 0 Å². The zero-order valence-electron chi connectivity index (χ0n) is 16.0. The van der Waals surface area contributed by atoms with Gasteiger partial charge in [-0.2, -0.15) is 0 Å². The van der Waals surface area contributed by atoms with E-state index in [0.717, 1.165) is 10.9 Å². The number of carbonyl (C=O) groups excluding carboxylic acids is 1. The lowest BCUT2D eigenvalue weighted by molar-refractivity contribution is -0.118. The average Bonchev–Trinajstić information content (AvgIpc) is 3.59. The van der Waals surface area contributed by atoms with Crippen molar-refractivity contribution in [2.75, 3.05) is 23.8 Å². The summed E-state index contributed by atoms with van der Waals surface area (Å²) in [7, 11) is -2.02. The van der Waals surface area contributed by atoms with Crippen molar-refractivity contribution < 1.29 is 22.7 Å². The number of fused-ring (bicyclic) bond motifs is 3. The second-order valence-corrected chi connectivity index (χ2v) is 9.16. The van der Waals surface area contributed by atoms with Gasteiger partial charge in [-0.3, -0.25) is 14.5 Å². The second kappa shape index (κ2) is 6.84. The van der Waals surface area contributed by atoms with Crippen molar-refractivity contribution in [3.8, 4) is 22.8 Å². The van der Waals surface area contributed by atoms with Crippen LogP contribution in [0, 0.1) is 0 Å². The molecule has 1 aliphatic carbocycles. The van der Waals surface area contributed by atoms with Crippen LogP contribution in [-0.4, -0.2) is 43.3 Å². The molecule has 1 saturated carbocycles. The van der Waals surface area contributed by atoms with Crippen LogP contribution >= 0.6 is 0 Å². The third-order valence-corrected chi connectivity index (χ3v) is 6.89. The number of benzene rings is 1. The summed E-state index contributed by atoms with van der Waals surface area (Å²) in [5.41, 5.74) is 3.01. The second-order valence-electron chi connectivity index (χ2n) is 7.20. The minimum atomic E-state index is -3.46. The SMILES string of the molecule is COc1ncc(-c2ccc3ncc4c(c3c2)OCC(=O)N4)cc1NS(=O)(=O)C1CC1. The van der Waals surface area contributed by atoms with Gasteiger partial charge in [0.1, 0.15) is 11.4 Å². The molecule has 1 fully saturated rings. The van der Waals surface area contributed by atoms with Gasteiger partial charge in [0.2, 0.25) is 15.9 Å². The molecule has 1 aromatic carbocycles. The molecule has 3 aromatic rings. The maximum atomic E-state index is 12.4. The number of aromatic nitrogens is 2. The van der Waals surface area contributed by atoms with Crippen LogP contribution in [0.15, 0.2) is 36.7 Å². The van der Waals surface area contributed by atoms with Crippen LogP contribution in [0.2, 0.25) is 0 Å². The molecule has 5 rings (SSSR count). The average molecular weight is 426 g/mol. The van der Waals surface area contributed by atoms with Crippen LogP contribution in [0.5, 0.6) is 11.6 Å². The maximum absolute atomic E-state index is 12.4. The zero-order chi connectivity index (χ0) is 20.9. The maximum Gasteiger partial charge on any atom is 0.262 e. The molecule has 0 bridgehead atoms. The lowest BCUT2D eigenvalue weighted by atomic mass is 10.0. The van der Waals surface area contributed by atoms with Gasteiger partial charge < -0.3 is 14.8 Å². The summed E-state index contributed by atoms with van der Waals surface area (Å²) < 4.78 is 38.2. The van der Waals surface area contributed by atoms with Crippen molar-refractivity contribution in [1.29, 1.82) is 0 Å².